The van der Waals surface area contributed by atoms with Gasteiger partial charge in [0.25, 0.3) is 0 Å². The summed E-state index contributed by atoms with van der Waals surface area (Å²) in [5.41, 5.74) is 3.13. The average molecular weight is 388 g/mol. The Morgan fingerprint density at radius 2 is 1.85 bits per heavy atom. The van der Waals surface area contributed by atoms with E-state index in [9.17, 15) is 4.39 Å². The van der Waals surface area contributed by atoms with E-state index in [0.29, 0.717) is 21.4 Å². The molecule has 0 aliphatic carbocycles. The van der Waals surface area contributed by atoms with Gasteiger partial charge in [-0.3, -0.25) is 4.99 Å². The Hall–Kier alpha value is -2.36. The van der Waals surface area contributed by atoms with Gasteiger partial charge in [-0.15, -0.1) is 0 Å². The predicted octanol–water partition coefficient (Wildman–Crippen LogP) is 6.77. The van der Waals surface area contributed by atoms with Gasteiger partial charge in [0, 0.05) is 16.8 Å². The third-order valence-corrected chi connectivity index (χ3v) is 4.35. The van der Waals surface area contributed by atoms with Gasteiger partial charge in [-0.05, 0) is 54.4 Å². The van der Waals surface area contributed by atoms with Gasteiger partial charge in [0.15, 0.2) is 0 Å². The lowest BCUT2D eigenvalue weighted by atomic mass is 10.2. The number of ether oxygens (including phenoxy) is 1. The van der Waals surface area contributed by atoms with Crippen molar-refractivity contribution in [2.45, 2.75) is 13.5 Å². The van der Waals surface area contributed by atoms with Crippen LogP contribution in [0.2, 0.25) is 10.0 Å². The number of aliphatic imine (C=N–C) groups is 1. The van der Waals surface area contributed by atoms with Crippen molar-refractivity contribution >= 4 is 35.1 Å². The van der Waals surface area contributed by atoms with E-state index in [-0.39, 0.29) is 12.4 Å². The van der Waals surface area contributed by atoms with E-state index in [0.717, 1.165) is 16.8 Å². The van der Waals surface area contributed by atoms with Crippen molar-refractivity contribution in [2.75, 3.05) is 0 Å². The van der Waals surface area contributed by atoms with Gasteiger partial charge in [-0.25, -0.2) is 4.39 Å². The molecular formula is C21H16Cl2FNO. The summed E-state index contributed by atoms with van der Waals surface area (Å²) >= 11 is 12.3. The molecule has 3 rings (SSSR count). The number of nitrogens with zero attached hydrogens (tertiary/aromatic N) is 1. The number of hydrogen-bond acceptors (Lipinski definition) is 2. The minimum atomic E-state index is -0.302. The monoisotopic (exact) mass is 387 g/mol. The van der Waals surface area contributed by atoms with Crippen LogP contribution in [0.3, 0.4) is 0 Å². The zero-order chi connectivity index (χ0) is 18.5. The summed E-state index contributed by atoms with van der Waals surface area (Å²) in [6, 6.07) is 17.4. The van der Waals surface area contributed by atoms with E-state index < -0.39 is 0 Å². The number of halogens is 3. The van der Waals surface area contributed by atoms with Crippen LogP contribution in [0, 0.1) is 12.7 Å². The first-order chi connectivity index (χ1) is 12.5. The van der Waals surface area contributed by atoms with Gasteiger partial charge in [-0.2, -0.15) is 0 Å². The molecule has 0 aliphatic heterocycles. The molecule has 0 aromatic heterocycles. The maximum absolute atomic E-state index is 13.6. The molecule has 0 aliphatic rings. The molecule has 0 atom stereocenters. The van der Waals surface area contributed by atoms with Crippen LogP contribution in [-0.2, 0) is 6.61 Å². The maximum Gasteiger partial charge on any atom is 0.138 e. The average Bonchev–Trinajstić information content (AvgIpc) is 2.63. The summed E-state index contributed by atoms with van der Waals surface area (Å²) in [6.45, 7) is 2.08. The van der Waals surface area contributed by atoms with Gasteiger partial charge in [-0.1, -0.05) is 47.5 Å². The first kappa shape index (κ1) is 18.4. The van der Waals surface area contributed by atoms with E-state index in [1.54, 1.807) is 42.6 Å². The minimum Gasteiger partial charge on any atom is -0.487 e. The van der Waals surface area contributed by atoms with Crippen LogP contribution in [0.1, 0.15) is 16.7 Å². The molecule has 0 bridgehead atoms. The highest BCUT2D eigenvalue weighted by Crippen LogP contribution is 2.27. The molecule has 0 amide bonds. The molecule has 132 valence electrons. The van der Waals surface area contributed by atoms with Gasteiger partial charge in [0.1, 0.15) is 18.2 Å². The molecule has 0 heterocycles. The van der Waals surface area contributed by atoms with Crippen molar-refractivity contribution in [3.8, 4) is 5.75 Å². The highest BCUT2D eigenvalue weighted by Gasteiger charge is 2.06. The minimum absolute atomic E-state index is 0.113. The SMILES string of the molecule is Cc1ccc(Cl)cc1N=Cc1ccc(OCc2ccccc2F)c(Cl)c1. The summed E-state index contributed by atoms with van der Waals surface area (Å²) in [6.07, 6.45) is 1.71. The topological polar surface area (TPSA) is 21.6 Å². The first-order valence-electron chi connectivity index (χ1n) is 7.99. The molecule has 2 nitrogen and oxygen atoms in total. The van der Waals surface area contributed by atoms with E-state index in [2.05, 4.69) is 4.99 Å². The molecule has 0 N–H and O–H groups in total. The molecular weight excluding hydrogens is 372 g/mol. The van der Waals surface area contributed by atoms with Crippen LogP contribution >= 0.6 is 23.2 Å². The fourth-order valence-electron chi connectivity index (χ4n) is 2.35. The van der Waals surface area contributed by atoms with Crippen LogP contribution in [0.25, 0.3) is 0 Å². The summed E-state index contributed by atoms with van der Waals surface area (Å²) in [5, 5.41) is 1.07. The van der Waals surface area contributed by atoms with Gasteiger partial charge >= 0.3 is 0 Å². The molecule has 5 heteroatoms. The van der Waals surface area contributed by atoms with Crippen LogP contribution < -0.4 is 4.74 Å². The molecule has 0 fully saturated rings. The summed E-state index contributed by atoms with van der Waals surface area (Å²) in [5.74, 6) is 0.190. The molecule has 0 spiro atoms. The van der Waals surface area contributed by atoms with Crippen molar-refractivity contribution in [1.29, 1.82) is 0 Å². The van der Waals surface area contributed by atoms with Crippen molar-refractivity contribution in [3.05, 3.63) is 93.2 Å². The Labute approximate surface area is 161 Å². The number of rotatable bonds is 5. The van der Waals surface area contributed by atoms with Crippen molar-refractivity contribution in [2.24, 2.45) is 4.99 Å². The largest absolute Gasteiger partial charge is 0.487 e. The van der Waals surface area contributed by atoms with Crippen LogP contribution in [0.5, 0.6) is 5.75 Å². The molecule has 0 unspecified atom stereocenters. The lowest BCUT2D eigenvalue weighted by molar-refractivity contribution is 0.300. The van der Waals surface area contributed by atoms with E-state index >= 15 is 0 Å². The Balaban J connectivity index is 1.72. The molecule has 3 aromatic carbocycles. The first-order valence-corrected chi connectivity index (χ1v) is 8.74. The lowest BCUT2D eigenvalue weighted by Gasteiger charge is -2.09. The second kappa shape index (κ2) is 8.35. The second-order valence-electron chi connectivity index (χ2n) is 5.76. The second-order valence-corrected chi connectivity index (χ2v) is 6.60. The summed E-state index contributed by atoms with van der Waals surface area (Å²) in [4.78, 5) is 4.45. The summed E-state index contributed by atoms with van der Waals surface area (Å²) in [7, 11) is 0. The van der Waals surface area contributed by atoms with Gasteiger partial charge in [0.05, 0.1) is 10.7 Å². The fraction of sp³-hybridized carbons (Fsp3) is 0.0952. The maximum atomic E-state index is 13.6. The Kier molecular flexibility index (Phi) is 5.92. The predicted molar refractivity (Wildman–Crippen MR) is 106 cm³/mol. The third kappa shape index (κ3) is 4.63. The van der Waals surface area contributed by atoms with E-state index in [1.807, 2.05) is 25.1 Å². The lowest BCUT2D eigenvalue weighted by Crippen LogP contribution is -1.99. The number of aryl methyl sites for hydroxylation is 1. The highest BCUT2D eigenvalue weighted by molar-refractivity contribution is 6.32. The zero-order valence-electron chi connectivity index (χ0n) is 14.0. The zero-order valence-corrected chi connectivity index (χ0v) is 15.6. The van der Waals surface area contributed by atoms with Crippen molar-refractivity contribution in [3.63, 3.8) is 0 Å². The summed E-state index contributed by atoms with van der Waals surface area (Å²) < 4.78 is 19.3. The molecule has 26 heavy (non-hydrogen) atoms. The quantitative estimate of drug-likeness (QED) is 0.442. The Morgan fingerprint density at radius 1 is 1.04 bits per heavy atom. The molecule has 0 saturated heterocycles. The normalized spacial score (nSPS) is 11.1. The number of hydrogen-bond donors (Lipinski definition) is 0. The van der Waals surface area contributed by atoms with Crippen LogP contribution in [0.15, 0.2) is 65.7 Å². The highest BCUT2D eigenvalue weighted by atomic mass is 35.5. The van der Waals surface area contributed by atoms with Crippen LogP contribution in [-0.4, -0.2) is 6.21 Å². The third-order valence-electron chi connectivity index (χ3n) is 3.82. The van der Waals surface area contributed by atoms with E-state index in [1.165, 1.54) is 6.07 Å². The smallest absolute Gasteiger partial charge is 0.138 e. The molecule has 3 aromatic rings. The van der Waals surface area contributed by atoms with Crippen LogP contribution in [0.4, 0.5) is 10.1 Å². The van der Waals surface area contributed by atoms with Gasteiger partial charge < -0.3 is 4.74 Å². The van der Waals surface area contributed by atoms with Crippen molar-refractivity contribution < 1.29 is 9.13 Å². The Bertz CT molecular complexity index is 956. The Morgan fingerprint density at radius 3 is 2.62 bits per heavy atom. The number of benzene rings is 3. The van der Waals surface area contributed by atoms with E-state index in [4.69, 9.17) is 27.9 Å². The fourth-order valence-corrected chi connectivity index (χ4v) is 2.76. The molecule has 0 saturated carbocycles. The standard InChI is InChI=1S/C21H16Cl2FNO/c1-14-6-8-17(22)11-20(14)25-12-15-7-9-21(18(23)10-15)26-13-16-4-2-3-5-19(16)24/h2-12H,13H2,1H3. The van der Waals surface area contributed by atoms with Gasteiger partial charge in [0.2, 0.25) is 0 Å². The molecule has 0 radical (unpaired) electrons. The van der Waals surface area contributed by atoms with Crippen molar-refractivity contribution in [1.82, 2.24) is 0 Å².